The third-order valence-corrected chi connectivity index (χ3v) is 2.41. The van der Waals surface area contributed by atoms with E-state index < -0.39 is 0 Å². The lowest BCUT2D eigenvalue weighted by atomic mass is 10.2. The van der Waals surface area contributed by atoms with Gasteiger partial charge in [0, 0.05) is 31.2 Å². The van der Waals surface area contributed by atoms with Crippen molar-refractivity contribution < 1.29 is 9.53 Å². The number of imidazole rings is 1. The predicted octanol–water partition coefficient (Wildman–Crippen LogP) is 1.04. The van der Waals surface area contributed by atoms with Gasteiger partial charge in [-0.2, -0.15) is 0 Å². The number of hydrogen-bond donors (Lipinski definition) is 0. The topological polar surface area (TPSA) is 57.0 Å². The summed E-state index contributed by atoms with van der Waals surface area (Å²) in [4.78, 5) is 19.5. The van der Waals surface area contributed by atoms with E-state index in [0.29, 0.717) is 6.42 Å². The third kappa shape index (κ3) is 2.90. The van der Waals surface area contributed by atoms with Gasteiger partial charge in [-0.3, -0.25) is 9.78 Å². The Hall–Kier alpha value is -2.17. The van der Waals surface area contributed by atoms with Gasteiger partial charge in [-0.1, -0.05) is 6.07 Å². The van der Waals surface area contributed by atoms with Gasteiger partial charge >= 0.3 is 5.97 Å². The van der Waals surface area contributed by atoms with E-state index in [-0.39, 0.29) is 12.5 Å². The monoisotopic (exact) mass is 231 g/mol. The van der Waals surface area contributed by atoms with Crippen LogP contribution in [-0.4, -0.2) is 27.6 Å². The van der Waals surface area contributed by atoms with Gasteiger partial charge in [-0.15, -0.1) is 0 Å². The molecule has 0 aliphatic heterocycles. The molecule has 0 saturated heterocycles. The standard InChI is InChI=1S/C12H13N3O2/c1-17-12(16)9-15-6-5-14-11(15)7-10-3-2-4-13-8-10/h2-6,8H,7,9H2,1H3. The number of carbonyl (C=O) groups excluding carboxylic acids is 1. The first-order valence-electron chi connectivity index (χ1n) is 5.25. The number of carbonyl (C=O) groups is 1. The summed E-state index contributed by atoms with van der Waals surface area (Å²) in [6.07, 6.45) is 7.61. The Morgan fingerprint density at radius 1 is 1.47 bits per heavy atom. The number of esters is 1. The van der Waals surface area contributed by atoms with Gasteiger partial charge in [0.05, 0.1) is 7.11 Å². The second kappa shape index (κ2) is 5.25. The first-order chi connectivity index (χ1) is 8.29. The zero-order chi connectivity index (χ0) is 12.1. The summed E-state index contributed by atoms with van der Waals surface area (Å²) in [6.45, 7) is 0.187. The van der Waals surface area contributed by atoms with E-state index in [4.69, 9.17) is 0 Å². The second-order valence-corrected chi connectivity index (χ2v) is 3.59. The SMILES string of the molecule is COC(=O)Cn1ccnc1Cc1cccnc1. The number of nitrogens with zero attached hydrogens (tertiary/aromatic N) is 3. The summed E-state index contributed by atoms with van der Waals surface area (Å²) in [5.41, 5.74) is 1.06. The molecule has 0 aliphatic rings. The maximum absolute atomic E-state index is 11.2. The number of aromatic nitrogens is 3. The van der Waals surface area contributed by atoms with Crippen molar-refractivity contribution in [2.24, 2.45) is 0 Å². The number of ether oxygens (including phenoxy) is 1. The number of hydrogen-bond acceptors (Lipinski definition) is 4. The van der Waals surface area contributed by atoms with E-state index in [1.54, 1.807) is 29.4 Å². The Morgan fingerprint density at radius 3 is 3.06 bits per heavy atom. The number of rotatable bonds is 4. The van der Waals surface area contributed by atoms with Crippen molar-refractivity contribution in [1.29, 1.82) is 0 Å². The first-order valence-corrected chi connectivity index (χ1v) is 5.25. The maximum Gasteiger partial charge on any atom is 0.325 e. The quantitative estimate of drug-likeness (QED) is 0.738. The molecule has 0 spiro atoms. The lowest BCUT2D eigenvalue weighted by Crippen LogP contribution is -2.13. The van der Waals surface area contributed by atoms with Crippen LogP contribution in [-0.2, 0) is 22.5 Å². The summed E-state index contributed by atoms with van der Waals surface area (Å²) in [5.74, 6) is 0.541. The van der Waals surface area contributed by atoms with Gasteiger partial charge in [0.15, 0.2) is 0 Å². The van der Waals surface area contributed by atoms with Crippen LogP contribution in [0.3, 0.4) is 0 Å². The molecule has 0 bridgehead atoms. The highest BCUT2D eigenvalue weighted by Gasteiger charge is 2.08. The maximum atomic E-state index is 11.2. The lowest BCUT2D eigenvalue weighted by molar-refractivity contribution is -0.141. The molecule has 0 radical (unpaired) electrons. The van der Waals surface area contributed by atoms with Crippen molar-refractivity contribution in [3.8, 4) is 0 Å². The van der Waals surface area contributed by atoms with Crippen molar-refractivity contribution in [3.63, 3.8) is 0 Å². The minimum Gasteiger partial charge on any atom is -0.468 e. The molecule has 0 amide bonds. The van der Waals surface area contributed by atoms with Crippen LogP contribution in [0.4, 0.5) is 0 Å². The van der Waals surface area contributed by atoms with Crippen LogP contribution in [0.5, 0.6) is 0 Å². The zero-order valence-electron chi connectivity index (χ0n) is 9.54. The number of pyridine rings is 1. The molecule has 0 saturated carbocycles. The van der Waals surface area contributed by atoms with Crippen molar-refractivity contribution in [2.45, 2.75) is 13.0 Å². The summed E-state index contributed by atoms with van der Waals surface area (Å²) in [7, 11) is 1.38. The fourth-order valence-corrected chi connectivity index (χ4v) is 1.54. The van der Waals surface area contributed by atoms with Gasteiger partial charge in [-0.05, 0) is 11.6 Å². The smallest absolute Gasteiger partial charge is 0.325 e. The van der Waals surface area contributed by atoms with Crippen LogP contribution in [0, 0.1) is 0 Å². The van der Waals surface area contributed by atoms with Crippen LogP contribution >= 0.6 is 0 Å². The molecule has 5 nitrogen and oxygen atoms in total. The molecule has 88 valence electrons. The Labute approximate surface area is 99.1 Å². The van der Waals surface area contributed by atoms with Crippen LogP contribution in [0.1, 0.15) is 11.4 Å². The van der Waals surface area contributed by atoms with Crippen molar-refractivity contribution in [1.82, 2.24) is 14.5 Å². The fourth-order valence-electron chi connectivity index (χ4n) is 1.54. The molecule has 0 fully saturated rings. The van der Waals surface area contributed by atoms with E-state index in [0.717, 1.165) is 11.4 Å². The Balaban J connectivity index is 2.12. The van der Waals surface area contributed by atoms with E-state index in [1.807, 2.05) is 12.1 Å². The largest absolute Gasteiger partial charge is 0.468 e. The molecule has 0 atom stereocenters. The number of methoxy groups -OCH3 is 1. The van der Waals surface area contributed by atoms with E-state index >= 15 is 0 Å². The van der Waals surface area contributed by atoms with Gasteiger partial charge in [0.1, 0.15) is 12.4 Å². The molecular weight excluding hydrogens is 218 g/mol. The van der Waals surface area contributed by atoms with Gasteiger partial charge in [0.2, 0.25) is 0 Å². The highest BCUT2D eigenvalue weighted by molar-refractivity contribution is 5.69. The normalized spacial score (nSPS) is 10.2. The summed E-state index contributed by atoms with van der Waals surface area (Å²) in [6, 6.07) is 3.85. The second-order valence-electron chi connectivity index (χ2n) is 3.59. The lowest BCUT2D eigenvalue weighted by Gasteiger charge is -2.06. The van der Waals surface area contributed by atoms with Gasteiger partial charge in [-0.25, -0.2) is 4.98 Å². The fraction of sp³-hybridized carbons (Fsp3) is 0.250. The van der Waals surface area contributed by atoms with E-state index in [9.17, 15) is 4.79 Å². The van der Waals surface area contributed by atoms with Crippen molar-refractivity contribution in [2.75, 3.05) is 7.11 Å². The molecule has 0 N–H and O–H groups in total. The highest BCUT2D eigenvalue weighted by Crippen LogP contribution is 2.06. The molecule has 2 aromatic rings. The average molecular weight is 231 g/mol. The molecule has 2 heterocycles. The average Bonchev–Trinajstić information content (AvgIpc) is 2.78. The molecule has 17 heavy (non-hydrogen) atoms. The van der Waals surface area contributed by atoms with E-state index in [1.165, 1.54) is 7.11 Å². The summed E-state index contributed by atoms with van der Waals surface area (Å²) in [5, 5.41) is 0. The minimum absolute atomic E-state index is 0.187. The Bertz CT molecular complexity index is 493. The predicted molar refractivity (Wildman–Crippen MR) is 61.3 cm³/mol. The molecule has 5 heteroatoms. The van der Waals surface area contributed by atoms with Gasteiger partial charge < -0.3 is 9.30 Å². The van der Waals surface area contributed by atoms with Crippen LogP contribution in [0.15, 0.2) is 36.9 Å². The Kier molecular flexibility index (Phi) is 3.49. The van der Waals surface area contributed by atoms with Crippen LogP contribution in [0.2, 0.25) is 0 Å². The highest BCUT2D eigenvalue weighted by atomic mass is 16.5. The van der Waals surface area contributed by atoms with Crippen molar-refractivity contribution in [3.05, 3.63) is 48.3 Å². The van der Waals surface area contributed by atoms with E-state index in [2.05, 4.69) is 14.7 Å². The molecule has 2 rings (SSSR count). The molecule has 0 aliphatic carbocycles. The molecular formula is C12H13N3O2. The minimum atomic E-state index is -0.282. The van der Waals surface area contributed by atoms with Crippen LogP contribution in [0.25, 0.3) is 0 Å². The Morgan fingerprint density at radius 2 is 2.35 bits per heavy atom. The zero-order valence-corrected chi connectivity index (χ0v) is 9.54. The summed E-state index contributed by atoms with van der Waals surface area (Å²) < 4.78 is 6.41. The third-order valence-electron chi connectivity index (χ3n) is 2.41. The van der Waals surface area contributed by atoms with Crippen molar-refractivity contribution >= 4 is 5.97 Å². The van der Waals surface area contributed by atoms with Crippen LogP contribution < -0.4 is 0 Å². The summed E-state index contributed by atoms with van der Waals surface area (Å²) >= 11 is 0. The molecule has 0 aromatic carbocycles. The first kappa shape index (κ1) is 11.3. The van der Waals surface area contributed by atoms with Gasteiger partial charge in [0.25, 0.3) is 0 Å². The molecule has 2 aromatic heterocycles. The molecule has 0 unspecified atom stereocenters.